The monoisotopic (exact) mass is 729 g/mol. The first-order valence-electron chi connectivity index (χ1n) is 19.3. The first-order chi connectivity index (χ1) is 28.3. The number of rotatable bonds is 10. The lowest BCUT2D eigenvalue weighted by molar-refractivity contribution is 0.804. The lowest BCUT2D eigenvalue weighted by Gasteiger charge is -2.18. The molecule has 0 amide bonds. The van der Waals surface area contributed by atoms with Crippen molar-refractivity contribution in [1.29, 1.82) is 0 Å². The maximum Gasteiger partial charge on any atom is 0.113 e. The molecule has 3 heteroatoms. The Labute approximate surface area is 334 Å². The van der Waals surface area contributed by atoms with Crippen LogP contribution in [0.4, 0.5) is 0 Å². The summed E-state index contributed by atoms with van der Waals surface area (Å²) in [5, 5.41) is 9.21. The lowest BCUT2D eigenvalue weighted by Crippen LogP contribution is -1.99. The van der Waals surface area contributed by atoms with Gasteiger partial charge in [0.1, 0.15) is 5.69 Å². The van der Waals surface area contributed by atoms with E-state index in [1.54, 1.807) is 0 Å². The summed E-state index contributed by atoms with van der Waals surface area (Å²) in [4.78, 5) is 0. The molecule has 57 heavy (non-hydrogen) atoms. The molecule has 0 aliphatic carbocycles. The van der Waals surface area contributed by atoms with Crippen molar-refractivity contribution in [3.8, 4) is 16.9 Å². The molecule has 0 N–H and O–H groups in total. The minimum atomic E-state index is 0.808. The summed E-state index contributed by atoms with van der Waals surface area (Å²) in [5.41, 5.74) is 16.7. The van der Waals surface area contributed by atoms with Crippen LogP contribution in [0.25, 0.3) is 39.2 Å². The topological polar surface area (TPSA) is 30.7 Å². The van der Waals surface area contributed by atoms with Crippen LogP contribution in [0.15, 0.2) is 237 Å². The third-order valence-electron chi connectivity index (χ3n) is 10.3. The van der Waals surface area contributed by atoms with E-state index in [9.17, 15) is 0 Å². The van der Waals surface area contributed by atoms with E-state index in [2.05, 4.69) is 241 Å². The summed E-state index contributed by atoms with van der Waals surface area (Å²) < 4.78 is 1.85. The van der Waals surface area contributed by atoms with E-state index in [0.29, 0.717) is 0 Å². The van der Waals surface area contributed by atoms with Gasteiger partial charge in [-0.05, 0) is 78.9 Å². The molecule has 9 rings (SSSR count). The number of benzene rings is 8. The molecule has 1 aromatic heterocycles. The Morgan fingerprint density at radius 2 is 0.544 bits per heavy atom. The molecular formula is C54H39N3. The molecule has 0 saturated heterocycles. The Kier molecular flexibility index (Phi) is 10.1. The van der Waals surface area contributed by atoms with Crippen LogP contribution in [0.5, 0.6) is 0 Å². The highest BCUT2D eigenvalue weighted by atomic mass is 15.4. The number of hydrogen-bond acceptors (Lipinski definition) is 2. The van der Waals surface area contributed by atoms with Gasteiger partial charge in [0.2, 0.25) is 0 Å². The molecule has 1 heterocycles. The molecule has 0 spiro atoms. The number of nitrogens with zero attached hydrogens (tertiary/aromatic N) is 3. The van der Waals surface area contributed by atoms with Gasteiger partial charge in [0.15, 0.2) is 0 Å². The second-order valence-electron chi connectivity index (χ2n) is 13.9. The van der Waals surface area contributed by atoms with Crippen LogP contribution in [0.2, 0.25) is 0 Å². The summed E-state index contributed by atoms with van der Waals surface area (Å²) in [6, 6.07) is 81.2. The van der Waals surface area contributed by atoms with Gasteiger partial charge >= 0.3 is 0 Å². The molecule has 9 aromatic rings. The molecule has 0 unspecified atom stereocenters. The summed E-state index contributed by atoms with van der Waals surface area (Å²) in [6.45, 7) is 0. The zero-order valence-corrected chi connectivity index (χ0v) is 31.4. The van der Waals surface area contributed by atoms with E-state index in [1.165, 1.54) is 44.5 Å². The minimum Gasteiger partial charge on any atom is -0.220 e. The second kappa shape index (κ2) is 16.4. The van der Waals surface area contributed by atoms with Gasteiger partial charge in [0.25, 0.3) is 0 Å². The highest BCUT2D eigenvalue weighted by molar-refractivity contribution is 6.05. The van der Waals surface area contributed by atoms with Crippen molar-refractivity contribution < 1.29 is 0 Å². The third kappa shape index (κ3) is 7.55. The molecule has 0 radical (unpaired) electrons. The smallest absolute Gasteiger partial charge is 0.113 e. The largest absolute Gasteiger partial charge is 0.220 e. The van der Waals surface area contributed by atoms with E-state index in [-0.39, 0.29) is 0 Å². The molecule has 270 valence electrons. The summed E-state index contributed by atoms with van der Waals surface area (Å²) in [5.74, 6) is 0. The normalized spacial score (nSPS) is 10.8. The fraction of sp³-hybridized carbons (Fsp3) is 0. The predicted molar refractivity (Wildman–Crippen MR) is 235 cm³/mol. The van der Waals surface area contributed by atoms with Crippen molar-refractivity contribution in [2.45, 2.75) is 0 Å². The fourth-order valence-electron chi connectivity index (χ4n) is 7.56. The average Bonchev–Trinajstić information content (AvgIpc) is 3.80. The van der Waals surface area contributed by atoms with E-state index < -0.39 is 0 Å². The zero-order valence-electron chi connectivity index (χ0n) is 31.4. The SMILES string of the molecule is c1ccc(C(=C(c2ccccc2)c2ccc(-c3cn(-c4ccc(C(=C(c5ccccc5)c5ccccc5)c5ccccc5)cc4)nn3)cc2)c2ccccc2)cc1. The Balaban J connectivity index is 1.08. The summed E-state index contributed by atoms with van der Waals surface area (Å²) >= 11 is 0. The van der Waals surface area contributed by atoms with Gasteiger partial charge in [0.05, 0.1) is 11.9 Å². The molecular weight excluding hydrogens is 691 g/mol. The highest BCUT2D eigenvalue weighted by Gasteiger charge is 2.18. The molecule has 0 fully saturated rings. The van der Waals surface area contributed by atoms with Gasteiger partial charge in [0, 0.05) is 5.56 Å². The van der Waals surface area contributed by atoms with Crippen LogP contribution >= 0.6 is 0 Å². The van der Waals surface area contributed by atoms with Crippen molar-refractivity contribution in [1.82, 2.24) is 15.0 Å². The molecule has 0 aliphatic rings. The molecule has 0 aliphatic heterocycles. The highest BCUT2D eigenvalue weighted by Crippen LogP contribution is 2.39. The third-order valence-corrected chi connectivity index (χ3v) is 10.3. The minimum absolute atomic E-state index is 0.808. The molecule has 0 atom stereocenters. The van der Waals surface area contributed by atoms with Gasteiger partial charge in [-0.15, -0.1) is 5.10 Å². The van der Waals surface area contributed by atoms with E-state index in [1.807, 2.05) is 10.9 Å². The standard InChI is InChI=1S/C54H39N3/c1-7-19-41(20-8-1)51(42-21-9-2-10-22-42)53(45-27-15-5-16-28-45)47-33-31-40(32-34-47)50-39-57(56-55-50)49-37-35-48(36-38-49)54(46-29-17-6-18-30-46)52(43-23-11-3-12-24-43)44-25-13-4-14-26-44/h1-39H. The first kappa shape index (κ1) is 35.1. The Morgan fingerprint density at radius 1 is 0.281 bits per heavy atom. The van der Waals surface area contributed by atoms with E-state index in [4.69, 9.17) is 0 Å². The van der Waals surface area contributed by atoms with Crippen molar-refractivity contribution in [3.05, 3.63) is 281 Å². The van der Waals surface area contributed by atoms with E-state index in [0.717, 1.165) is 39.2 Å². The molecule has 0 saturated carbocycles. The maximum atomic E-state index is 4.63. The molecule has 3 nitrogen and oxygen atoms in total. The van der Waals surface area contributed by atoms with Crippen molar-refractivity contribution in [2.75, 3.05) is 0 Å². The maximum absolute atomic E-state index is 4.63. The number of hydrogen-bond donors (Lipinski definition) is 0. The van der Waals surface area contributed by atoms with Crippen LogP contribution < -0.4 is 0 Å². The van der Waals surface area contributed by atoms with Crippen LogP contribution in [-0.2, 0) is 0 Å². The summed E-state index contributed by atoms with van der Waals surface area (Å²) in [6.07, 6.45) is 2.00. The van der Waals surface area contributed by atoms with Crippen LogP contribution in [0, 0.1) is 0 Å². The van der Waals surface area contributed by atoms with Gasteiger partial charge in [-0.1, -0.05) is 224 Å². The average molecular weight is 730 g/mol. The van der Waals surface area contributed by atoms with Crippen molar-refractivity contribution in [2.24, 2.45) is 0 Å². The number of aromatic nitrogens is 3. The lowest BCUT2D eigenvalue weighted by atomic mass is 9.85. The Bertz CT molecular complexity index is 2480. The van der Waals surface area contributed by atoms with Crippen molar-refractivity contribution >= 4 is 22.3 Å². The van der Waals surface area contributed by atoms with Crippen molar-refractivity contribution in [3.63, 3.8) is 0 Å². The van der Waals surface area contributed by atoms with Gasteiger partial charge in [-0.25, -0.2) is 4.68 Å². The van der Waals surface area contributed by atoms with Gasteiger partial charge in [-0.2, -0.15) is 0 Å². The Morgan fingerprint density at radius 3 is 0.842 bits per heavy atom. The summed E-state index contributed by atoms with van der Waals surface area (Å²) in [7, 11) is 0. The predicted octanol–water partition coefficient (Wildman–Crippen LogP) is 12.9. The quantitative estimate of drug-likeness (QED) is 0.131. The molecule has 8 aromatic carbocycles. The zero-order chi connectivity index (χ0) is 38.2. The van der Waals surface area contributed by atoms with Gasteiger partial charge < -0.3 is 0 Å². The fourth-order valence-corrected chi connectivity index (χ4v) is 7.56. The van der Waals surface area contributed by atoms with Crippen LogP contribution in [-0.4, -0.2) is 15.0 Å². The van der Waals surface area contributed by atoms with Crippen LogP contribution in [0.1, 0.15) is 44.5 Å². The Hall–Kier alpha value is -7.62. The second-order valence-corrected chi connectivity index (χ2v) is 13.9. The van der Waals surface area contributed by atoms with Crippen LogP contribution in [0.3, 0.4) is 0 Å². The molecule has 0 bridgehead atoms. The van der Waals surface area contributed by atoms with E-state index >= 15 is 0 Å². The first-order valence-corrected chi connectivity index (χ1v) is 19.3. The van der Waals surface area contributed by atoms with Gasteiger partial charge in [-0.3, -0.25) is 0 Å².